The predicted octanol–water partition coefficient (Wildman–Crippen LogP) is 3.40. The lowest BCUT2D eigenvalue weighted by Gasteiger charge is -2.23. The molecular formula is C18H26ClN5. The number of benzene rings is 1. The number of rotatable bonds is 6. The molecule has 1 aromatic carbocycles. The van der Waals surface area contributed by atoms with E-state index >= 15 is 0 Å². The van der Waals surface area contributed by atoms with Crippen molar-refractivity contribution in [3.63, 3.8) is 0 Å². The van der Waals surface area contributed by atoms with Gasteiger partial charge in [0.05, 0.1) is 6.54 Å². The molecule has 130 valence electrons. The Hall–Kier alpha value is -2.01. The van der Waals surface area contributed by atoms with Gasteiger partial charge < -0.3 is 14.8 Å². The van der Waals surface area contributed by atoms with E-state index in [0.29, 0.717) is 19.0 Å². The first kappa shape index (κ1) is 18.3. The van der Waals surface area contributed by atoms with Crippen molar-refractivity contribution in [3.8, 4) is 0 Å². The van der Waals surface area contributed by atoms with Gasteiger partial charge in [-0.2, -0.15) is 0 Å². The zero-order chi connectivity index (χ0) is 17.5. The molecule has 1 N–H and O–H groups in total. The van der Waals surface area contributed by atoms with E-state index in [4.69, 9.17) is 11.6 Å². The van der Waals surface area contributed by atoms with Gasteiger partial charge in [-0.25, -0.2) is 4.98 Å². The summed E-state index contributed by atoms with van der Waals surface area (Å²) in [5.74, 6) is 2.41. The van der Waals surface area contributed by atoms with Crippen LogP contribution in [0.25, 0.3) is 0 Å². The average Bonchev–Trinajstić information content (AvgIpc) is 2.96. The Balaban J connectivity index is 1.97. The van der Waals surface area contributed by atoms with Gasteiger partial charge in [-0.05, 0) is 17.5 Å². The first-order chi connectivity index (χ1) is 11.5. The second kappa shape index (κ2) is 8.73. The van der Waals surface area contributed by atoms with E-state index in [2.05, 4.69) is 38.6 Å². The highest BCUT2D eigenvalue weighted by Gasteiger charge is 2.10. The van der Waals surface area contributed by atoms with Crippen molar-refractivity contribution in [2.75, 3.05) is 14.1 Å². The Kier molecular flexibility index (Phi) is 6.67. The number of nitrogens with zero attached hydrogens (tertiary/aromatic N) is 4. The molecule has 1 heterocycles. The number of imidazole rings is 1. The fourth-order valence-corrected chi connectivity index (χ4v) is 2.76. The van der Waals surface area contributed by atoms with Crippen molar-refractivity contribution in [1.82, 2.24) is 19.8 Å². The molecular weight excluding hydrogens is 322 g/mol. The third-order valence-corrected chi connectivity index (χ3v) is 4.08. The summed E-state index contributed by atoms with van der Waals surface area (Å²) in [5.41, 5.74) is 1.07. The summed E-state index contributed by atoms with van der Waals surface area (Å²) in [7, 11) is 3.78. The Labute approximate surface area is 149 Å². The third-order valence-electron chi connectivity index (χ3n) is 3.71. The molecule has 5 nitrogen and oxygen atoms in total. The van der Waals surface area contributed by atoms with Crippen LogP contribution in [-0.2, 0) is 19.6 Å². The molecule has 6 heteroatoms. The average molecular weight is 348 g/mol. The second-order valence-corrected chi connectivity index (χ2v) is 6.65. The number of halogens is 1. The Morgan fingerprint density at radius 3 is 2.79 bits per heavy atom. The van der Waals surface area contributed by atoms with E-state index in [1.807, 2.05) is 43.7 Å². The molecule has 1 aromatic heterocycles. The van der Waals surface area contributed by atoms with Crippen LogP contribution in [0, 0.1) is 5.92 Å². The second-order valence-electron chi connectivity index (χ2n) is 6.24. The number of guanidine groups is 1. The minimum Gasteiger partial charge on any atom is -0.349 e. The Morgan fingerprint density at radius 2 is 2.12 bits per heavy atom. The maximum Gasteiger partial charge on any atom is 0.194 e. The number of aromatic nitrogens is 2. The first-order valence-corrected chi connectivity index (χ1v) is 8.54. The van der Waals surface area contributed by atoms with Gasteiger partial charge in [0.15, 0.2) is 5.96 Å². The Bertz CT molecular complexity index is 678. The molecule has 0 radical (unpaired) electrons. The van der Waals surface area contributed by atoms with Crippen molar-refractivity contribution < 1.29 is 0 Å². The minimum atomic E-state index is 0.583. The number of aliphatic imine (C=N–C) groups is 1. The van der Waals surface area contributed by atoms with E-state index in [9.17, 15) is 0 Å². The van der Waals surface area contributed by atoms with Crippen LogP contribution >= 0.6 is 11.6 Å². The van der Waals surface area contributed by atoms with Crippen LogP contribution in [0.1, 0.15) is 25.2 Å². The summed E-state index contributed by atoms with van der Waals surface area (Å²) in [6.45, 7) is 6.70. The molecule has 0 unspecified atom stereocenters. The minimum absolute atomic E-state index is 0.583. The van der Waals surface area contributed by atoms with Gasteiger partial charge in [0, 0.05) is 44.6 Å². The van der Waals surface area contributed by atoms with Gasteiger partial charge in [-0.3, -0.25) is 4.99 Å². The van der Waals surface area contributed by atoms with Gasteiger partial charge >= 0.3 is 0 Å². The molecule has 0 saturated heterocycles. The molecule has 0 aliphatic heterocycles. The lowest BCUT2D eigenvalue weighted by Crippen LogP contribution is -2.38. The molecule has 24 heavy (non-hydrogen) atoms. The molecule has 0 amide bonds. The maximum atomic E-state index is 6.24. The highest BCUT2D eigenvalue weighted by Crippen LogP contribution is 2.16. The summed E-state index contributed by atoms with van der Waals surface area (Å²) in [5, 5.41) is 4.15. The van der Waals surface area contributed by atoms with Crippen LogP contribution in [0.3, 0.4) is 0 Å². The molecule has 0 aliphatic carbocycles. The lowest BCUT2D eigenvalue weighted by molar-refractivity contribution is 0.468. The number of nitrogens with one attached hydrogen (secondary N) is 1. The lowest BCUT2D eigenvalue weighted by atomic mass is 10.2. The van der Waals surface area contributed by atoms with Crippen LogP contribution in [0.4, 0.5) is 0 Å². The molecule has 2 rings (SSSR count). The van der Waals surface area contributed by atoms with Crippen molar-refractivity contribution in [2.24, 2.45) is 10.9 Å². The van der Waals surface area contributed by atoms with Gasteiger partial charge in [-0.1, -0.05) is 43.6 Å². The van der Waals surface area contributed by atoms with Crippen molar-refractivity contribution in [2.45, 2.75) is 33.5 Å². The smallest absolute Gasteiger partial charge is 0.194 e. The summed E-state index contributed by atoms with van der Waals surface area (Å²) in [4.78, 5) is 10.8. The highest BCUT2D eigenvalue weighted by atomic mass is 35.5. The number of hydrogen-bond acceptors (Lipinski definition) is 2. The molecule has 0 bridgehead atoms. The van der Waals surface area contributed by atoms with Crippen molar-refractivity contribution >= 4 is 17.6 Å². The fraction of sp³-hybridized carbons (Fsp3) is 0.444. The van der Waals surface area contributed by atoms with Crippen LogP contribution < -0.4 is 5.32 Å². The van der Waals surface area contributed by atoms with Gasteiger partial charge in [0.1, 0.15) is 5.82 Å². The van der Waals surface area contributed by atoms with E-state index < -0.39 is 0 Å². The van der Waals surface area contributed by atoms with E-state index in [0.717, 1.165) is 28.9 Å². The van der Waals surface area contributed by atoms with E-state index in [1.54, 1.807) is 7.05 Å². The largest absolute Gasteiger partial charge is 0.349 e. The first-order valence-electron chi connectivity index (χ1n) is 8.16. The zero-order valence-electron chi connectivity index (χ0n) is 14.8. The maximum absolute atomic E-state index is 6.24. The SMILES string of the molecule is CN=C(NCc1nccn1CC(C)C)N(C)Cc1ccccc1Cl. The topological polar surface area (TPSA) is 45.5 Å². The Morgan fingerprint density at radius 1 is 1.38 bits per heavy atom. The normalized spacial score (nSPS) is 11.8. The molecule has 2 aromatic rings. The summed E-state index contributed by atoms with van der Waals surface area (Å²) < 4.78 is 2.18. The monoisotopic (exact) mass is 347 g/mol. The van der Waals surface area contributed by atoms with Crippen molar-refractivity contribution in [3.05, 3.63) is 53.1 Å². The molecule has 0 atom stereocenters. The van der Waals surface area contributed by atoms with Crippen LogP contribution in [-0.4, -0.2) is 34.5 Å². The standard InChI is InChI=1S/C18H26ClN5/c1-14(2)12-24-10-9-21-17(24)11-22-18(20-3)23(4)13-15-7-5-6-8-16(15)19/h5-10,14H,11-13H2,1-4H3,(H,20,22). The predicted molar refractivity (Wildman–Crippen MR) is 100 cm³/mol. The molecule has 0 saturated carbocycles. The van der Waals surface area contributed by atoms with Gasteiger partial charge in [0.25, 0.3) is 0 Å². The van der Waals surface area contributed by atoms with Crippen LogP contribution in [0.2, 0.25) is 5.02 Å². The van der Waals surface area contributed by atoms with Crippen molar-refractivity contribution in [1.29, 1.82) is 0 Å². The van der Waals surface area contributed by atoms with Crippen LogP contribution in [0.15, 0.2) is 41.7 Å². The summed E-state index contributed by atoms with van der Waals surface area (Å²) in [6.07, 6.45) is 3.86. The van der Waals surface area contributed by atoms with Gasteiger partial charge in [-0.15, -0.1) is 0 Å². The fourth-order valence-electron chi connectivity index (χ4n) is 2.57. The van der Waals surface area contributed by atoms with Crippen LogP contribution in [0.5, 0.6) is 0 Å². The van der Waals surface area contributed by atoms with E-state index in [-0.39, 0.29) is 0 Å². The summed E-state index contributed by atoms with van der Waals surface area (Å²) >= 11 is 6.24. The van der Waals surface area contributed by atoms with E-state index in [1.165, 1.54) is 0 Å². The highest BCUT2D eigenvalue weighted by molar-refractivity contribution is 6.31. The third kappa shape index (κ3) is 4.99. The summed E-state index contributed by atoms with van der Waals surface area (Å²) in [6, 6.07) is 7.87. The quantitative estimate of drug-likeness (QED) is 0.643. The molecule has 0 aliphatic rings. The molecule has 0 fully saturated rings. The van der Waals surface area contributed by atoms with Gasteiger partial charge in [0.2, 0.25) is 0 Å². The number of hydrogen-bond donors (Lipinski definition) is 1. The molecule has 0 spiro atoms. The zero-order valence-corrected chi connectivity index (χ0v) is 15.6.